The molecule has 0 radical (unpaired) electrons. The molecule has 0 spiro atoms. The van der Waals surface area contributed by atoms with Crippen LogP contribution in [0.4, 0.5) is 15.9 Å². The highest BCUT2D eigenvalue weighted by molar-refractivity contribution is 9.10. The molecule has 0 unspecified atom stereocenters. The second-order valence-corrected chi connectivity index (χ2v) is 4.36. The van der Waals surface area contributed by atoms with Gasteiger partial charge in [-0.25, -0.2) is 9.37 Å². The molecular formula is C11H7BrFN3O3. The Kier molecular flexibility index (Phi) is 3.61. The van der Waals surface area contributed by atoms with Gasteiger partial charge < -0.3 is 10.5 Å². The van der Waals surface area contributed by atoms with Crippen LogP contribution in [0, 0.1) is 15.9 Å². The molecule has 0 aliphatic carbocycles. The van der Waals surface area contributed by atoms with Crippen LogP contribution >= 0.6 is 15.9 Å². The third-order valence-corrected chi connectivity index (χ3v) is 2.79. The number of pyridine rings is 1. The molecule has 2 rings (SSSR count). The van der Waals surface area contributed by atoms with Gasteiger partial charge in [0.1, 0.15) is 17.4 Å². The monoisotopic (exact) mass is 327 g/mol. The Morgan fingerprint density at radius 2 is 2.16 bits per heavy atom. The average Bonchev–Trinajstić information content (AvgIpc) is 2.33. The lowest BCUT2D eigenvalue weighted by Gasteiger charge is -2.07. The van der Waals surface area contributed by atoms with Gasteiger partial charge in [0, 0.05) is 24.4 Å². The quantitative estimate of drug-likeness (QED) is 0.690. The van der Waals surface area contributed by atoms with E-state index < -0.39 is 10.7 Å². The molecule has 8 heteroatoms. The summed E-state index contributed by atoms with van der Waals surface area (Å²) in [6, 6.07) is 4.80. The van der Waals surface area contributed by atoms with Gasteiger partial charge in [-0.15, -0.1) is 0 Å². The SMILES string of the molecule is Nc1cc(Oc2cc(F)c(Br)cc2[N+](=O)[O-])ccn1. The van der Waals surface area contributed by atoms with Crippen molar-refractivity contribution in [3.05, 3.63) is 50.9 Å². The van der Waals surface area contributed by atoms with Crippen LogP contribution in [-0.2, 0) is 0 Å². The molecule has 0 atom stereocenters. The van der Waals surface area contributed by atoms with E-state index in [-0.39, 0.29) is 27.5 Å². The number of halogens is 2. The van der Waals surface area contributed by atoms with Crippen LogP contribution in [0.15, 0.2) is 34.9 Å². The van der Waals surface area contributed by atoms with Gasteiger partial charge in [-0.1, -0.05) is 0 Å². The predicted molar refractivity (Wildman–Crippen MR) is 69.5 cm³/mol. The normalized spacial score (nSPS) is 10.2. The molecule has 98 valence electrons. The summed E-state index contributed by atoms with van der Waals surface area (Å²) in [5.41, 5.74) is 5.10. The van der Waals surface area contributed by atoms with Gasteiger partial charge in [-0.3, -0.25) is 10.1 Å². The zero-order valence-electron chi connectivity index (χ0n) is 9.34. The van der Waals surface area contributed by atoms with Crippen LogP contribution in [0.25, 0.3) is 0 Å². The number of ether oxygens (including phenoxy) is 1. The van der Waals surface area contributed by atoms with E-state index in [1.807, 2.05) is 0 Å². The standard InChI is InChI=1S/C11H7BrFN3O3/c12-7-4-9(16(17)18)10(5-8(7)13)19-6-1-2-15-11(14)3-6/h1-5H,(H2,14,15). The summed E-state index contributed by atoms with van der Waals surface area (Å²) in [6.45, 7) is 0. The van der Waals surface area contributed by atoms with Crippen molar-refractivity contribution in [3.8, 4) is 11.5 Å². The summed E-state index contributed by atoms with van der Waals surface area (Å²) in [4.78, 5) is 14.0. The van der Waals surface area contributed by atoms with Gasteiger partial charge in [-0.2, -0.15) is 0 Å². The van der Waals surface area contributed by atoms with Gasteiger partial charge in [0.15, 0.2) is 0 Å². The number of nitro benzene ring substituents is 1. The van der Waals surface area contributed by atoms with Crippen molar-refractivity contribution >= 4 is 27.4 Å². The van der Waals surface area contributed by atoms with E-state index in [9.17, 15) is 14.5 Å². The van der Waals surface area contributed by atoms with Crippen LogP contribution in [-0.4, -0.2) is 9.91 Å². The molecule has 2 aromatic rings. The molecule has 0 saturated carbocycles. The minimum atomic E-state index is -0.664. The first-order chi connectivity index (χ1) is 8.97. The first kappa shape index (κ1) is 13.2. The Morgan fingerprint density at radius 3 is 2.79 bits per heavy atom. The second-order valence-electron chi connectivity index (χ2n) is 3.51. The lowest BCUT2D eigenvalue weighted by atomic mass is 10.3. The molecule has 0 amide bonds. The van der Waals surface area contributed by atoms with Gasteiger partial charge in [0.2, 0.25) is 5.75 Å². The number of nitrogens with zero attached hydrogens (tertiary/aromatic N) is 2. The lowest BCUT2D eigenvalue weighted by molar-refractivity contribution is -0.385. The maximum atomic E-state index is 13.4. The third kappa shape index (κ3) is 2.97. The van der Waals surface area contributed by atoms with Crippen molar-refractivity contribution in [2.45, 2.75) is 0 Å². The number of aromatic nitrogens is 1. The van der Waals surface area contributed by atoms with E-state index in [0.717, 1.165) is 12.1 Å². The average molecular weight is 328 g/mol. The molecule has 0 bridgehead atoms. The summed E-state index contributed by atoms with van der Waals surface area (Å²) >= 11 is 2.88. The number of nitrogen functional groups attached to an aromatic ring is 1. The van der Waals surface area contributed by atoms with Crippen LogP contribution < -0.4 is 10.5 Å². The Hall–Kier alpha value is -2.22. The molecule has 1 heterocycles. The molecule has 6 nitrogen and oxygen atoms in total. The molecule has 1 aromatic heterocycles. The summed E-state index contributed by atoms with van der Waals surface area (Å²) in [5, 5.41) is 10.9. The molecular weight excluding hydrogens is 321 g/mol. The highest BCUT2D eigenvalue weighted by Crippen LogP contribution is 2.35. The zero-order chi connectivity index (χ0) is 14.0. The molecule has 0 aliphatic heterocycles. The van der Waals surface area contributed by atoms with Crippen molar-refractivity contribution in [1.82, 2.24) is 4.98 Å². The fourth-order valence-corrected chi connectivity index (χ4v) is 1.69. The van der Waals surface area contributed by atoms with E-state index >= 15 is 0 Å². The fourth-order valence-electron chi connectivity index (χ4n) is 1.36. The van der Waals surface area contributed by atoms with Crippen LogP contribution in [0.1, 0.15) is 0 Å². The van der Waals surface area contributed by atoms with Crippen molar-refractivity contribution < 1.29 is 14.1 Å². The summed E-state index contributed by atoms with van der Waals surface area (Å²) in [6.07, 6.45) is 1.38. The summed E-state index contributed by atoms with van der Waals surface area (Å²) in [7, 11) is 0. The minimum Gasteiger partial charge on any atom is -0.450 e. The Morgan fingerprint density at radius 1 is 1.42 bits per heavy atom. The van der Waals surface area contributed by atoms with Gasteiger partial charge in [0.25, 0.3) is 0 Å². The summed E-state index contributed by atoms with van der Waals surface area (Å²) in [5.74, 6) is -0.450. The van der Waals surface area contributed by atoms with Crippen molar-refractivity contribution in [1.29, 1.82) is 0 Å². The van der Waals surface area contributed by atoms with E-state index in [1.165, 1.54) is 18.3 Å². The number of rotatable bonds is 3. The Labute approximate surface area is 115 Å². The molecule has 0 fully saturated rings. The maximum absolute atomic E-state index is 13.4. The molecule has 0 saturated heterocycles. The minimum absolute atomic E-state index is 0.0132. The topological polar surface area (TPSA) is 91.3 Å². The largest absolute Gasteiger partial charge is 0.450 e. The van der Waals surface area contributed by atoms with Crippen LogP contribution in [0.5, 0.6) is 11.5 Å². The lowest BCUT2D eigenvalue weighted by Crippen LogP contribution is -1.96. The second kappa shape index (κ2) is 5.19. The van der Waals surface area contributed by atoms with Crippen LogP contribution in [0.2, 0.25) is 0 Å². The van der Waals surface area contributed by atoms with E-state index in [0.29, 0.717) is 0 Å². The van der Waals surface area contributed by atoms with Crippen molar-refractivity contribution in [3.63, 3.8) is 0 Å². The number of anilines is 1. The van der Waals surface area contributed by atoms with Crippen molar-refractivity contribution in [2.75, 3.05) is 5.73 Å². The maximum Gasteiger partial charge on any atom is 0.312 e. The van der Waals surface area contributed by atoms with E-state index in [4.69, 9.17) is 10.5 Å². The smallest absolute Gasteiger partial charge is 0.312 e. The number of hydrogen-bond donors (Lipinski definition) is 1. The van der Waals surface area contributed by atoms with Gasteiger partial charge >= 0.3 is 5.69 Å². The Balaban J connectivity index is 2.44. The van der Waals surface area contributed by atoms with Crippen LogP contribution in [0.3, 0.4) is 0 Å². The van der Waals surface area contributed by atoms with Crippen molar-refractivity contribution in [2.24, 2.45) is 0 Å². The number of hydrogen-bond acceptors (Lipinski definition) is 5. The first-order valence-electron chi connectivity index (χ1n) is 5.00. The number of nitrogens with two attached hydrogens (primary N) is 1. The summed E-state index contributed by atoms with van der Waals surface area (Å²) < 4.78 is 18.7. The van der Waals surface area contributed by atoms with Gasteiger partial charge in [-0.05, 0) is 22.0 Å². The number of nitro groups is 1. The number of benzene rings is 1. The fraction of sp³-hybridized carbons (Fsp3) is 0. The highest BCUT2D eigenvalue weighted by atomic mass is 79.9. The molecule has 1 aromatic carbocycles. The predicted octanol–water partition coefficient (Wildman–Crippen LogP) is 3.27. The Bertz CT molecular complexity index is 651. The first-order valence-corrected chi connectivity index (χ1v) is 5.79. The highest BCUT2D eigenvalue weighted by Gasteiger charge is 2.19. The van der Waals surface area contributed by atoms with Gasteiger partial charge in [0.05, 0.1) is 9.40 Å². The zero-order valence-corrected chi connectivity index (χ0v) is 10.9. The third-order valence-electron chi connectivity index (χ3n) is 2.18. The molecule has 0 aliphatic rings. The molecule has 19 heavy (non-hydrogen) atoms. The van der Waals surface area contributed by atoms with E-state index in [1.54, 1.807) is 0 Å². The molecule has 2 N–H and O–H groups in total. The van der Waals surface area contributed by atoms with E-state index in [2.05, 4.69) is 20.9 Å².